The second-order valence-corrected chi connectivity index (χ2v) is 8.60. The molecule has 1 saturated heterocycles. The van der Waals surface area contributed by atoms with Crippen molar-refractivity contribution in [2.45, 2.75) is 37.7 Å². The van der Waals surface area contributed by atoms with Crippen molar-refractivity contribution in [3.8, 4) is 0 Å². The van der Waals surface area contributed by atoms with Crippen LogP contribution in [0.15, 0.2) is 48.7 Å². The predicted molar refractivity (Wildman–Crippen MR) is 114 cm³/mol. The molecule has 0 aliphatic carbocycles. The van der Waals surface area contributed by atoms with Crippen molar-refractivity contribution in [3.63, 3.8) is 0 Å². The number of anilines is 1. The molecule has 0 radical (unpaired) electrons. The average molecular weight is 398 g/mol. The minimum Gasteiger partial charge on any atom is -0.341 e. The highest BCUT2D eigenvalue weighted by atomic mass is 32.2. The quantitative estimate of drug-likeness (QED) is 0.803. The fourth-order valence-corrected chi connectivity index (χ4v) is 4.21. The van der Waals surface area contributed by atoms with Gasteiger partial charge in [0.1, 0.15) is 5.82 Å². The number of carbonyl (C=O) groups is 2. The van der Waals surface area contributed by atoms with Gasteiger partial charge in [0.05, 0.1) is 11.2 Å². The second kappa shape index (κ2) is 9.73. The lowest BCUT2D eigenvalue weighted by Gasteiger charge is -2.33. The number of amides is 2. The second-order valence-electron chi connectivity index (χ2n) is 7.27. The molecule has 6 heteroatoms. The standard InChI is InChI=1S/C22H27N3O2S/c1-16-10-11-20(23-13-16)24-21(26)19-9-6-12-25(14-19)22(27)17(2)28-15-18-7-4-3-5-8-18/h3-5,7-8,10-11,13,17,19H,6,9,12,14-15H2,1-2H3,(H,23,24,26)/t17-,19-/m1/s1. The third kappa shape index (κ3) is 5.58. The number of aromatic nitrogens is 1. The molecule has 28 heavy (non-hydrogen) atoms. The molecule has 1 aromatic carbocycles. The molecule has 1 fully saturated rings. The number of hydrogen-bond donors (Lipinski definition) is 1. The van der Waals surface area contributed by atoms with Gasteiger partial charge >= 0.3 is 0 Å². The lowest BCUT2D eigenvalue weighted by atomic mass is 9.97. The van der Waals surface area contributed by atoms with Gasteiger partial charge in [0, 0.05) is 25.0 Å². The van der Waals surface area contributed by atoms with Gasteiger partial charge < -0.3 is 10.2 Å². The number of pyridine rings is 1. The van der Waals surface area contributed by atoms with Gasteiger partial charge in [0.25, 0.3) is 0 Å². The topological polar surface area (TPSA) is 62.3 Å². The third-order valence-corrected chi connectivity index (χ3v) is 6.16. The minimum absolute atomic E-state index is 0.0570. The van der Waals surface area contributed by atoms with E-state index in [1.807, 2.05) is 43.0 Å². The van der Waals surface area contributed by atoms with Crippen LogP contribution in [-0.4, -0.2) is 40.0 Å². The summed E-state index contributed by atoms with van der Waals surface area (Å²) >= 11 is 1.64. The van der Waals surface area contributed by atoms with Crippen LogP contribution in [0.3, 0.4) is 0 Å². The van der Waals surface area contributed by atoms with Crippen molar-refractivity contribution in [2.75, 3.05) is 18.4 Å². The zero-order valence-electron chi connectivity index (χ0n) is 16.4. The van der Waals surface area contributed by atoms with E-state index in [1.54, 1.807) is 24.0 Å². The van der Waals surface area contributed by atoms with Gasteiger partial charge in [-0.25, -0.2) is 4.98 Å². The highest BCUT2D eigenvalue weighted by Crippen LogP contribution is 2.23. The van der Waals surface area contributed by atoms with Crippen molar-refractivity contribution in [2.24, 2.45) is 5.92 Å². The molecule has 1 aromatic heterocycles. The highest BCUT2D eigenvalue weighted by Gasteiger charge is 2.30. The number of hydrogen-bond acceptors (Lipinski definition) is 4. The summed E-state index contributed by atoms with van der Waals surface area (Å²) in [5.41, 5.74) is 2.27. The Kier molecular flexibility index (Phi) is 7.09. The van der Waals surface area contributed by atoms with Crippen LogP contribution < -0.4 is 5.32 Å². The first kappa shape index (κ1) is 20.4. The highest BCUT2D eigenvalue weighted by molar-refractivity contribution is 7.99. The summed E-state index contributed by atoms with van der Waals surface area (Å²) in [5.74, 6) is 1.24. The summed E-state index contributed by atoms with van der Waals surface area (Å²) < 4.78 is 0. The van der Waals surface area contributed by atoms with E-state index in [-0.39, 0.29) is 23.0 Å². The van der Waals surface area contributed by atoms with E-state index < -0.39 is 0 Å². The Morgan fingerprint density at radius 2 is 2.04 bits per heavy atom. The van der Waals surface area contributed by atoms with E-state index in [2.05, 4.69) is 22.4 Å². The maximum Gasteiger partial charge on any atom is 0.235 e. The molecule has 2 amide bonds. The van der Waals surface area contributed by atoms with Gasteiger partial charge in [-0.15, -0.1) is 11.8 Å². The van der Waals surface area contributed by atoms with Crippen LogP contribution in [0.5, 0.6) is 0 Å². The van der Waals surface area contributed by atoms with Gasteiger partial charge in [-0.3, -0.25) is 9.59 Å². The van der Waals surface area contributed by atoms with Gasteiger partial charge in [-0.1, -0.05) is 36.4 Å². The number of thioether (sulfide) groups is 1. The van der Waals surface area contributed by atoms with E-state index >= 15 is 0 Å². The zero-order valence-corrected chi connectivity index (χ0v) is 17.2. The first-order valence-corrected chi connectivity index (χ1v) is 10.8. The molecule has 0 bridgehead atoms. The Hall–Kier alpha value is -2.34. The summed E-state index contributed by atoms with van der Waals surface area (Å²) in [6.45, 7) is 5.12. The smallest absolute Gasteiger partial charge is 0.235 e. The Labute approximate surface area is 170 Å². The SMILES string of the molecule is Cc1ccc(NC(=O)[C@@H]2CCCN(C(=O)[C@@H](C)SCc3ccccc3)C2)nc1. The van der Waals surface area contributed by atoms with E-state index in [1.165, 1.54) is 5.56 Å². The van der Waals surface area contributed by atoms with Crippen molar-refractivity contribution in [1.82, 2.24) is 9.88 Å². The summed E-state index contributed by atoms with van der Waals surface area (Å²) in [6, 6.07) is 13.9. The largest absolute Gasteiger partial charge is 0.341 e. The number of likely N-dealkylation sites (tertiary alicyclic amines) is 1. The Morgan fingerprint density at radius 3 is 2.75 bits per heavy atom. The van der Waals surface area contributed by atoms with E-state index in [0.717, 1.165) is 30.7 Å². The fourth-order valence-electron chi connectivity index (χ4n) is 3.29. The van der Waals surface area contributed by atoms with Crippen molar-refractivity contribution in [1.29, 1.82) is 0 Å². The molecule has 0 unspecified atom stereocenters. The summed E-state index contributed by atoms with van der Waals surface area (Å²) in [4.78, 5) is 31.5. The zero-order chi connectivity index (χ0) is 19.9. The lowest BCUT2D eigenvalue weighted by Crippen LogP contribution is -2.46. The molecular formula is C22H27N3O2S. The van der Waals surface area contributed by atoms with E-state index in [4.69, 9.17) is 0 Å². The molecule has 1 N–H and O–H groups in total. The number of carbonyl (C=O) groups excluding carboxylic acids is 2. The van der Waals surface area contributed by atoms with E-state index in [9.17, 15) is 9.59 Å². The molecule has 5 nitrogen and oxygen atoms in total. The normalized spacial score (nSPS) is 17.8. The number of benzene rings is 1. The van der Waals surface area contributed by atoms with E-state index in [0.29, 0.717) is 12.4 Å². The van der Waals surface area contributed by atoms with Crippen LogP contribution in [0.25, 0.3) is 0 Å². The Morgan fingerprint density at radius 1 is 1.25 bits per heavy atom. The molecule has 0 spiro atoms. The molecule has 2 heterocycles. The summed E-state index contributed by atoms with van der Waals surface area (Å²) in [7, 11) is 0. The van der Waals surface area contributed by atoms with Gasteiger partial charge in [-0.2, -0.15) is 0 Å². The molecular weight excluding hydrogens is 370 g/mol. The fraction of sp³-hybridized carbons (Fsp3) is 0.409. The molecule has 148 valence electrons. The van der Waals surface area contributed by atoms with Gasteiger partial charge in [0.2, 0.25) is 11.8 Å². The summed E-state index contributed by atoms with van der Waals surface area (Å²) in [5, 5.41) is 2.76. The van der Waals surface area contributed by atoms with Crippen molar-refractivity contribution >= 4 is 29.4 Å². The maximum atomic E-state index is 12.8. The minimum atomic E-state index is -0.188. The van der Waals surface area contributed by atoms with Crippen LogP contribution in [0, 0.1) is 12.8 Å². The Balaban J connectivity index is 1.52. The third-order valence-electron chi connectivity index (χ3n) is 4.96. The van der Waals surface area contributed by atoms with Crippen LogP contribution in [0.1, 0.15) is 30.9 Å². The number of aryl methyl sites for hydroxylation is 1. The van der Waals surface area contributed by atoms with Crippen LogP contribution in [0.2, 0.25) is 0 Å². The Bertz CT molecular complexity index is 795. The molecule has 1 aliphatic heterocycles. The number of rotatable bonds is 6. The van der Waals surface area contributed by atoms with Gasteiger partial charge in [-0.05, 0) is 43.9 Å². The monoisotopic (exact) mass is 397 g/mol. The van der Waals surface area contributed by atoms with Crippen LogP contribution >= 0.6 is 11.8 Å². The first-order chi connectivity index (χ1) is 13.5. The number of piperidine rings is 1. The lowest BCUT2D eigenvalue weighted by molar-refractivity contribution is -0.133. The number of nitrogens with one attached hydrogen (secondary N) is 1. The molecule has 2 atom stereocenters. The number of nitrogens with zero attached hydrogens (tertiary/aromatic N) is 2. The average Bonchev–Trinajstić information content (AvgIpc) is 2.74. The molecule has 0 saturated carbocycles. The molecule has 1 aliphatic rings. The van der Waals surface area contributed by atoms with Crippen LogP contribution in [-0.2, 0) is 15.3 Å². The van der Waals surface area contributed by atoms with Crippen molar-refractivity contribution in [3.05, 3.63) is 59.8 Å². The van der Waals surface area contributed by atoms with Crippen molar-refractivity contribution < 1.29 is 9.59 Å². The first-order valence-electron chi connectivity index (χ1n) is 9.71. The molecule has 2 aromatic rings. The maximum absolute atomic E-state index is 12.8. The predicted octanol–water partition coefficient (Wildman–Crippen LogP) is 3.89. The van der Waals surface area contributed by atoms with Gasteiger partial charge in [0.15, 0.2) is 0 Å². The molecule has 3 rings (SSSR count). The van der Waals surface area contributed by atoms with Crippen LogP contribution in [0.4, 0.5) is 5.82 Å². The summed E-state index contributed by atoms with van der Waals surface area (Å²) in [6.07, 6.45) is 3.38.